The van der Waals surface area contributed by atoms with Gasteiger partial charge in [0.15, 0.2) is 18.1 Å². The third-order valence-electron chi connectivity index (χ3n) is 4.17. The van der Waals surface area contributed by atoms with Crippen molar-refractivity contribution in [3.05, 3.63) is 58.9 Å². The number of carbonyl (C=O) groups excluding carboxylic acids is 1. The Balaban J connectivity index is 1.24. The van der Waals surface area contributed by atoms with Crippen LogP contribution in [0.1, 0.15) is 18.4 Å². The monoisotopic (exact) mass is 447 g/mol. The van der Waals surface area contributed by atoms with Crippen molar-refractivity contribution in [2.45, 2.75) is 30.5 Å². The Morgan fingerprint density at radius 2 is 2.00 bits per heavy atom. The zero-order chi connectivity index (χ0) is 20.9. The summed E-state index contributed by atoms with van der Waals surface area (Å²) in [6, 6.07) is 12.5. The molecule has 0 saturated carbocycles. The van der Waals surface area contributed by atoms with E-state index in [0.29, 0.717) is 39.9 Å². The summed E-state index contributed by atoms with van der Waals surface area (Å²) in [6.07, 6.45) is 0. The van der Waals surface area contributed by atoms with Gasteiger partial charge in [-0.15, -0.1) is 10.2 Å². The first-order chi connectivity index (χ1) is 14.6. The fraction of sp³-hybridized carbons (Fsp3) is 0.250. The highest BCUT2D eigenvalue weighted by Gasteiger charge is 2.19. The number of nitrogens with one attached hydrogen (secondary N) is 1. The molecule has 1 aromatic heterocycles. The van der Waals surface area contributed by atoms with E-state index in [9.17, 15) is 4.79 Å². The number of nitrogens with zero attached hydrogens (tertiary/aromatic N) is 2. The molecule has 1 aliphatic rings. The third kappa shape index (κ3) is 5.17. The lowest BCUT2D eigenvalue weighted by Crippen LogP contribution is -2.30. The Kier molecular flexibility index (Phi) is 6.29. The van der Waals surface area contributed by atoms with Crippen LogP contribution in [0.5, 0.6) is 17.2 Å². The van der Waals surface area contributed by atoms with Gasteiger partial charge in [0.05, 0.1) is 5.25 Å². The smallest absolute Gasteiger partial charge is 0.277 e. The van der Waals surface area contributed by atoms with E-state index in [1.807, 2.05) is 18.2 Å². The van der Waals surface area contributed by atoms with Gasteiger partial charge in [-0.3, -0.25) is 4.79 Å². The minimum Gasteiger partial charge on any atom is -0.484 e. The molecule has 1 atom stereocenters. The van der Waals surface area contributed by atoms with E-state index in [1.54, 1.807) is 31.2 Å². The van der Waals surface area contributed by atoms with Gasteiger partial charge in [0, 0.05) is 11.6 Å². The zero-order valence-electron chi connectivity index (χ0n) is 16.0. The second kappa shape index (κ2) is 9.27. The quantitative estimate of drug-likeness (QED) is 0.520. The Morgan fingerprint density at radius 1 is 1.20 bits per heavy atom. The number of carbonyl (C=O) groups is 1. The lowest BCUT2D eigenvalue weighted by atomic mass is 10.2. The number of hydrogen-bond acceptors (Lipinski definition) is 8. The average Bonchev–Trinajstić information content (AvgIpc) is 3.40. The van der Waals surface area contributed by atoms with Crippen LogP contribution in [0.2, 0.25) is 5.02 Å². The maximum atomic E-state index is 12.4. The second-order valence-electron chi connectivity index (χ2n) is 6.37. The van der Waals surface area contributed by atoms with Crippen molar-refractivity contribution in [3.63, 3.8) is 0 Å². The van der Waals surface area contributed by atoms with Gasteiger partial charge >= 0.3 is 0 Å². The molecule has 1 aliphatic heterocycles. The Bertz CT molecular complexity index is 1030. The topological polar surface area (TPSA) is 95.7 Å². The normalized spacial score (nSPS) is 13.1. The van der Waals surface area contributed by atoms with Crippen LogP contribution in [-0.2, 0) is 17.9 Å². The van der Waals surface area contributed by atoms with Gasteiger partial charge in [0.1, 0.15) is 5.75 Å². The van der Waals surface area contributed by atoms with E-state index < -0.39 is 5.25 Å². The summed E-state index contributed by atoms with van der Waals surface area (Å²) in [5.74, 6) is 2.21. The molecule has 2 aromatic carbocycles. The van der Waals surface area contributed by atoms with Crippen LogP contribution in [0.25, 0.3) is 0 Å². The van der Waals surface area contributed by atoms with Gasteiger partial charge in [-0.1, -0.05) is 29.4 Å². The van der Waals surface area contributed by atoms with Crippen molar-refractivity contribution >= 4 is 29.3 Å². The van der Waals surface area contributed by atoms with E-state index in [2.05, 4.69) is 15.5 Å². The van der Waals surface area contributed by atoms with Crippen molar-refractivity contribution in [2.75, 3.05) is 6.79 Å². The number of fused-ring (bicyclic) bond motifs is 1. The Hall–Kier alpha value is -2.91. The standard InChI is InChI=1S/C20H18ClN3O5S/c1-12(19(25)22-9-13-2-7-16-17(8-13)28-11-27-16)30-20-24-23-18(29-20)10-26-15-5-3-14(21)4-6-15/h2-8,12H,9-11H2,1H3,(H,22,25)/t12-/m1/s1. The first kappa shape index (κ1) is 20.4. The number of hydrogen-bond donors (Lipinski definition) is 1. The summed E-state index contributed by atoms with van der Waals surface area (Å²) in [6.45, 7) is 2.49. The number of thioether (sulfide) groups is 1. The molecular weight excluding hydrogens is 430 g/mol. The van der Waals surface area contributed by atoms with Gasteiger partial charge in [0.2, 0.25) is 12.7 Å². The van der Waals surface area contributed by atoms with E-state index in [-0.39, 0.29) is 19.3 Å². The highest BCUT2D eigenvalue weighted by atomic mass is 35.5. The number of amides is 1. The van der Waals surface area contributed by atoms with Crippen molar-refractivity contribution in [1.29, 1.82) is 0 Å². The lowest BCUT2D eigenvalue weighted by Gasteiger charge is -2.10. The van der Waals surface area contributed by atoms with E-state index in [1.165, 1.54) is 11.8 Å². The molecule has 30 heavy (non-hydrogen) atoms. The van der Waals surface area contributed by atoms with Gasteiger partial charge in [-0.2, -0.15) is 0 Å². The van der Waals surface area contributed by atoms with Crippen molar-refractivity contribution in [1.82, 2.24) is 15.5 Å². The van der Waals surface area contributed by atoms with Crippen LogP contribution in [0.15, 0.2) is 52.1 Å². The fourth-order valence-electron chi connectivity index (χ4n) is 2.61. The van der Waals surface area contributed by atoms with Crippen LogP contribution < -0.4 is 19.5 Å². The molecule has 1 amide bonds. The molecule has 0 radical (unpaired) electrons. The molecule has 4 rings (SSSR count). The van der Waals surface area contributed by atoms with E-state index in [0.717, 1.165) is 5.56 Å². The molecular formula is C20H18ClN3O5S. The molecule has 8 nitrogen and oxygen atoms in total. The number of halogens is 1. The van der Waals surface area contributed by atoms with Crippen LogP contribution in [0.4, 0.5) is 0 Å². The SMILES string of the molecule is C[C@@H](Sc1nnc(COc2ccc(Cl)cc2)o1)C(=O)NCc1ccc2c(c1)OCO2. The maximum absolute atomic E-state index is 12.4. The highest BCUT2D eigenvalue weighted by Crippen LogP contribution is 2.32. The predicted molar refractivity (Wildman–Crippen MR) is 110 cm³/mol. The summed E-state index contributed by atoms with van der Waals surface area (Å²) in [7, 11) is 0. The fourth-order valence-corrected chi connectivity index (χ4v) is 3.46. The third-order valence-corrected chi connectivity index (χ3v) is 5.36. The van der Waals surface area contributed by atoms with E-state index >= 15 is 0 Å². The molecule has 10 heteroatoms. The predicted octanol–water partition coefficient (Wildman–Crippen LogP) is 3.83. The van der Waals surface area contributed by atoms with Gasteiger partial charge in [-0.05, 0) is 48.9 Å². The first-order valence-corrected chi connectivity index (χ1v) is 10.4. The second-order valence-corrected chi connectivity index (χ2v) is 8.10. The lowest BCUT2D eigenvalue weighted by molar-refractivity contribution is -0.120. The number of ether oxygens (including phenoxy) is 3. The summed E-state index contributed by atoms with van der Waals surface area (Å²) < 4.78 is 21.7. The molecule has 156 valence electrons. The van der Waals surface area contributed by atoms with Crippen molar-refractivity contribution in [3.8, 4) is 17.2 Å². The highest BCUT2D eigenvalue weighted by molar-refractivity contribution is 8.00. The number of benzene rings is 2. The molecule has 0 spiro atoms. The van der Waals surface area contributed by atoms with Crippen molar-refractivity contribution < 1.29 is 23.4 Å². The zero-order valence-corrected chi connectivity index (χ0v) is 17.5. The number of rotatable bonds is 8. The Labute approximate surface area is 181 Å². The molecule has 0 fully saturated rings. The summed E-state index contributed by atoms with van der Waals surface area (Å²) in [4.78, 5) is 12.4. The van der Waals surface area contributed by atoms with Crippen molar-refractivity contribution in [2.24, 2.45) is 0 Å². The molecule has 3 aromatic rings. The molecule has 0 aliphatic carbocycles. The number of aromatic nitrogens is 2. The minimum atomic E-state index is -0.413. The molecule has 0 saturated heterocycles. The first-order valence-electron chi connectivity index (χ1n) is 9.10. The largest absolute Gasteiger partial charge is 0.484 e. The van der Waals surface area contributed by atoms with Gasteiger partial charge in [0.25, 0.3) is 11.1 Å². The van der Waals surface area contributed by atoms with Gasteiger partial charge in [-0.25, -0.2) is 0 Å². The van der Waals surface area contributed by atoms with Crippen LogP contribution >= 0.6 is 23.4 Å². The summed E-state index contributed by atoms with van der Waals surface area (Å²) in [5.41, 5.74) is 0.921. The molecule has 0 bridgehead atoms. The summed E-state index contributed by atoms with van der Waals surface area (Å²) in [5, 5.41) is 11.3. The Morgan fingerprint density at radius 3 is 2.83 bits per heavy atom. The van der Waals surface area contributed by atoms with Gasteiger partial charge < -0.3 is 23.9 Å². The maximum Gasteiger partial charge on any atom is 0.277 e. The molecule has 1 N–H and O–H groups in total. The van der Waals surface area contributed by atoms with Crippen LogP contribution in [0.3, 0.4) is 0 Å². The van der Waals surface area contributed by atoms with E-state index in [4.69, 9.17) is 30.2 Å². The van der Waals surface area contributed by atoms with Crippen LogP contribution in [0, 0.1) is 0 Å². The molecule has 2 heterocycles. The molecule has 0 unspecified atom stereocenters. The summed E-state index contributed by atoms with van der Waals surface area (Å²) >= 11 is 7.02. The minimum absolute atomic E-state index is 0.125. The average molecular weight is 448 g/mol. The van der Waals surface area contributed by atoms with Crippen LogP contribution in [-0.4, -0.2) is 28.1 Å².